The third-order valence-corrected chi connectivity index (χ3v) is 8.84. The van der Waals surface area contributed by atoms with E-state index in [-0.39, 0.29) is 11.6 Å². The Hall–Kier alpha value is -2.55. The van der Waals surface area contributed by atoms with Crippen LogP contribution in [0.5, 0.6) is 0 Å². The van der Waals surface area contributed by atoms with Crippen LogP contribution in [0, 0.1) is 0 Å². The van der Waals surface area contributed by atoms with Gasteiger partial charge in [0.05, 0.1) is 17.8 Å². The molecule has 2 aliphatic heterocycles. The monoisotopic (exact) mass is 536 g/mol. The Balaban J connectivity index is 1.29. The van der Waals surface area contributed by atoms with Crippen LogP contribution in [0.4, 0.5) is 0 Å². The van der Waals surface area contributed by atoms with Gasteiger partial charge in [-0.05, 0) is 28.5 Å². The van der Waals surface area contributed by atoms with Gasteiger partial charge < -0.3 is 15.2 Å². The first kappa shape index (κ1) is 25.5. The second kappa shape index (κ2) is 11.5. The van der Waals surface area contributed by atoms with Crippen molar-refractivity contribution in [3.8, 4) is 0 Å². The average molecular weight is 537 g/mol. The summed E-state index contributed by atoms with van der Waals surface area (Å²) < 4.78 is 7.12. The lowest BCUT2D eigenvalue weighted by atomic mass is 10.0. The largest absolute Gasteiger partial charge is 0.477 e. The molecule has 0 radical (unpaired) electrons. The predicted molar refractivity (Wildman–Crippen MR) is 132 cm³/mol. The Morgan fingerprint density at radius 1 is 1.34 bits per heavy atom. The Morgan fingerprint density at radius 2 is 2.11 bits per heavy atom. The van der Waals surface area contributed by atoms with Gasteiger partial charge in [-0.25, -0.2) is 9.48 Å². The van der Waals surface area contributed by atoms with Crippen molar-refractivity contribution in [3.63, 3.8) is 0 Å². The van der Waals surface area contributed by atoms with Crippen LogP contribution in [0.15, 0.2) is 46.8 Å². The lowest BCUT2D eigenvalue weighted by molar-refractivity contribution is -0.150. The van der Waals surface area contributed by atoms with E-state index >= 15 is 0 Å². The molecule has 14 heteroatoms. The van der Waals surface area contributed by atoms with Gasteiger partial charge >= 0.3 is 5.97 Å². The van der Waals surface area contributed by atoms with Gasteiger partial charge in [0.2, 0.25) is 11.1 Å². The first-order chi connectivity index (χ1) is 16.9. The molecule has 3 heterocycles. The molecule has 3 atom stereocenters. The van der Waals surface area contributed by atoms with Crippen molar-refractivity contribution in [2.75, 3.05) is 17.4 Å². The SMILES string of the molecule is CC(SCOCc1ccccc1)C(=O)NC1C(=O)N2C(C(=O)O)=C(CSc3nnnn3C)CSC12. The van der Waals surface area contributed by atoms with Crippen LogP contribution in [0.1, 0.15) is 12.5 Å². The quantitative estimate of drug-likeness (QED) is 0.186. The number of hydrogen-bond acceptors (Lipinski definition) is 10. The number of carbonyl (C=O) groups is 3. The standard InChI is InChI=1S/C21H24N6O5S3/c1-12(35-11-32-8-13-6-4-3-5-7-13)17(28)22-15-18(29)27-16(20(30)31)14(9-33-19(15)27)10-34-21-23-24-25-26(21)2/h3-7,12,15,19H,8-11H2,1-2H3,(H,22,28)(H,30,31). The topological polar surface area (TPSA) is 140 Å². The molecule has 3 unspecified atom stereocenters. The van der Waals surface area contributed by atoms with Gasteiger partial charge in [-0.1, -0.05) is 42.1 Å². The molecule has 2 aliphatic rings. The van der Waals surface area contributed by atoms with Gasteiger partial charge in [-0.3, -0.25) is 14.5 Å². The molecule has 1 aromatic heterocycles. The highest BCUT2D eigenvalue weighted by Gasteiger charge is 2.54. The number of amides is 2. The zero-order chi connectivity index (χ0) is 24.9. The van der Waals surface area contributed by atoms with E-state index in [1.54, 1.807) is 14.0 Å². The molecule has 1 aromatic carbocycles. The maximum Gasteiger partial charge on any atom is 0.352 e. The fourth-order valence-corrected chi connectivity index (χ4v) is 6.46. The average Bonchev–Trinajstić information content (AvgIpc) is 3.27. The first-order valence-electron chi connectivity index (χ1n) is 10.7. The molecule has 2 amide bonds. The van der Waals surface area contributed by atoms with E-state index in [0.717, 1.165) is 5.56 Å². The van der Waals surface area contributed by atoms with E-state index in [1.165, 1.54) is 44.9 Å². The Morgan fingerprint density at radius 3 is 2.80 bits per heavy atom. The van der Waals surface area contributed by atoms with Crippen molar-refractivity contribution in [2.45, 2.75) is 35.4 Å². The van der Waals surface area contributed by atoms with Crippen molar-refractivity contribution in [1.29, 1.82) is 0 Å². The molecule has 2 aromatic rings. The van der Waals surface area contributed by atoms with E-state index in [9.17, 15) is 19.5 Å². The predicted octanol–water partition coefficient (Wildman–Crippen LogP) is 1.34. The van der Waals surface area contributed by atoms with Crippen LogP contribution >= 0.6 is 35.3 Å². The van der Waals surface area contributed by atoms with Gasteiger partial charge in [0.15, 0.2) is 0 Å². The molecule has 186 valence electrons. The normalized spacial score (nSPS) is 20.3. The molecule has 1 saturated heterocycles. The van der Waals surface area contributed by atoms with Crippen LogP contribution < -0.4 is 5.32 Å². The number of hydrogen-bond donors (Lipinski definition) is 2. The van der Waals surface area contributed by atoms with Gasteiger partial charge in [0.1, 0.15) is 17.1 Å². The van der Waals surface area contributed by atoms with Crippen molar-refractivity contribution in [3.05, 3.63) is 47.2 Å². The van der Waals surface area contributed by atoms with Crippen LogP contribution in [-0.2, 0) is 32.8 Å². The zero-order valence-corrected chi connectivity index (χ0v) is 21.4. The van der Waals surface area contributed by atoms with Crippen LogP contribution in [0.25, 0.3) is 0 Å². The minimum absolute atomic E-state index is 0.0244. The number of aliphatic carboxylic acids is 1. The summed E-state index contributed by atoms with van der Waals surface area (Å²) in [5, 5.41) is 23.5. The maximum atomic E-state index is 12.8. The highest BCUT2D eigenvalue weighted by molar-refractivity contribution is 8.01. The summed E-state index contributed by atoms with van der Waals surface area (Å²) in [6.45, 7) is 2.20. The molecule has 0 spiro atoms. The van der Waals surface area contributed by atoms with Crippen molar-refractivity contribution >= 4 is 53.1 Å². The third-order valence-electron chi connectivity index (χ3n) is 5.39. The molecular weight excluding hydrogens is 512 g/mol. The number of thioether (sulfide) groups is 3. The van der Waals surface area contributed by atoms with Crippen LogP contribution in [0.3, 0.4) is 0 Å². The van der Waals surface area contributed by atoms with Crippen LogP contribution in [-0.4, -0.2) is 82.1 Å². The number of carbonyl (C=O) groups excluding carboxylic acids is 2. The molecule has 0 aliphatic carbocycles. The maximum absolute atomic E-state index is 12.8. The van der Waals surface area contributed by atoms with Gasteiger partial charge in [0.25, 0.3) is 5.91 Å². The highest BCUT2D eigenvalue weighted by atomic mass is 32.2. The minimum Gasteiger partial charge on any atom is -0.477 e. The minimum atomic E-state index is -1.17. The Labute approximate surface area is 214 Å². The molecule has 1 fully saturated rings. The number of carboxylic acid groups (broad SMARTS) is 1. The van der Waals surface area contributed by atoms with Crippen molar-refractivity contribution in [1.82, 2.24) is 30.4 Å². The van der Waals surface area contributed by atoms with E-state index < -0.39 is 28.5 Å². The first-order valence-corrected chi connectivity index (χ1v) is 13.7. The lowest BCUT2D eigenvalue weighted by Crippen LogP contribution is -2.71. The summed E-state index contributed by atoms with van der Waals surface area (Å²) in [7, 11) is 1.70. The summed E-state index contributed by atoms with van der Waals surface area (Å²) in [6, 6.07) is 8.98. The lowest BCUT2D eigenvalue weighted by Gasteiger charge is -2.49. The molecular formula is C21H24N6O5S3. The number of benzene rings is 1. The molecule has 4 rings (SSSR count). The highest BCUT2D eigenvalue weighted by Crippen LogP contribution is 2.41. The summed E-state index contributed by atoms with van der Waals surface area (Å²) >= 11 is 4.07. The molecule has 0 saturated carbocycles. The number of fused-ring (bicyclic) bond motifs is 1. The van der Waals surface area contributed by atoms with Gasteiger partial charge in [-0.2, -0.15) is 0 Å². The van der Waals surface area contributed by atoms with Crippen LogP contribution in [0.2, 0.25) is 0 Å². The number of rotatable bonds is 11. The molecule has 35 heavy (non-hydrogen) atoms. The van der Waals surface area contributed by atoms with E-state index in [1.807, 2.05) is 30.3 Å². The number of ether oxygens (including phenoxy) is 1. The molecule has 11 nitrogen and oxygen atoms in total. The Bertz CT molecular complexity index is 1130. The van der Waals surface area contributed by atoms with Crippen molar-refractivity contribution in [2.24, 2.45) is 7.05 Å². The van der Waals surface area contributed by atoms with Gasteiger partial charge in [0, 0.05) is 18.6 Å². The number of nitrogens with one attached hydrogen (secondary N) is 1. The van der Waals surface area contributed by atoms with E-state index in [4.69, 9.17) is 4.74 Å². The van der Waals surface area contributed by atoms with Gasteiger partial charge in [-0.15, -0.1) is 28.6 Å². The number of β-lactam (4-membered cyclic amide) rings is 1. The summed E-state index contributed by atoms with van der Waals surface area (Å²) in [4.78, 5) is 38.8. The second-order valence-electron chi connectivity index (χ2n) is 7.79. The number of carboxylic acids is 1. The fourth-order valence-electron chi connectivity index (χ4n) is 3.52. The summed E-state index contributed by atoms with van der Waals surface area (Å²) in [5.74, 6) is -0.770. The molecule has 2 N–H and O–H groups in total. The van der Waals surface area contributed by atoms with Crippen molar-refractivity contribution < 1.29 is 24.2 Å². The number of tetrazole rings is 1. The summed E-state index contributed by atoms with van der Waals surface area (Å²) in [6.07, 6.45) is 0. The number of aryl methyl sites for hydroxylation is 1. The second-order valence-corrected chi connectivity index (χ2v) is 11.1. The Kier molecular flexibility index (Phi) is 8.36. The number of nitrogens with zero attached hydrogens (tertiary/aromatic N) is 5. The smallest absolute Gasteiger partial charge is 0.352 e. The fraction of sp³-hybridized carbons (Fsp3) is 0.429. The van der Waals surface area contributed by atoms with E-state index in [2.05, 4.69) is 20.8 Å². The zero-order valence-electron chi connectivity index (χ0n) is 19.0. The molecule has 0 bridgehead atoms. The third kappa shape index (κ3) is 5.82. The number of aromatic nitrogens is 4. The summed E-state index contributed by atoms with van der Waals surface area (Å²) in [5.41, 5.74) is 1.64. The van der Waals surface area contributed by atoms with E-state index in [0.29, 0.717) is 34.8 Å².